The monoisotopic (exact) mass is 364 g/mol. The van der Waals surface area contributed by atoms with Crippen LogP contribution in [0.25, 0.3) is 0 Å². The fraction of sp³-hybridized carbons (Fsp3) is 0.190. The van der Waals surface area contributed by atoms with Crippen LogP contribution < -0.4 is 10.6 Å². The van der Waals surface area contributed by atoms with Crippen LogP contribution in [-0.4, -0.2) is 22.4 Å². The van der Waals surface area contributed by atoms with E-state index in [9.17, 15) is 9.18 Å². The largest absolute Gasteiger partial charge is 0.365 e. The Bertz CT molecular complexity index is 878. The quantitative estimate of drug-likeness (QED) is 0.673. The van der Waals surface area contributed by atoms with Crippen LogP contribution in [0.2, 0.25) is 0 Å². The summed E-state index contributed by atoms with van der Waals surface area (Å²) >= 11 is 0. The minimum atomic E-state index is -0.283. The van der Waals surface area contributed by atoms with E-state index in [0.717, 1.165) is 11.1 Å². The molecule has 0 saturated carbocycles. The van der Waals surface area contributed by atoms with E-state index in [1.807, 2.05) is 6.92 Å². The van der Waals surface area contributed by atoms with Crippen LogP contribution in [0, 0.1) is 12.7 Å². The lowest BCUT2D eigenvalue weighted by molar-refractivity contribution is 0.0949. The maximum absolute atomic E-state index is 12.9. The minimum absolute atomic E-state index is 0.259. The van der Waals surface area contributed by atoms with Gasteiger partial charge in [0.15, 0.2) is 0 Å². The Morgan fingerprint density at radius 1 is 0.963 bits per heavy atom. The number of benzene rings is 2. The number of nitrogens with one attached hydrogen (secondary N) is 2. The van der Waals surface area contributed by atoms with Crippen LogP contribution >= 0.6 is 0 Å². The van der Waals surface area contributed by atoms with Crippen LogP contribution in [-0.2, 0) is 13.0 Å². The zero-order chi connectivity index (χ0) is 19.1. The van der Waals surface area contributed by atoms with Gasteiger partial charge in [-0.1, -0.05) is 42.0 Å². The molecule has 0 unspecified atom stereocenters. The molecule has 0 fully saturated rings. The molecule has 2 N–H and O–H groups in total. The summed E-state index contributed by atoms with van der Waals surface area (Å²) in [7, 11) is 0. The van der Waals surface area contributed by atoms with Gasteiger partial charge < -0.3 is 10.6 Å². The molecule has 1 amide bonds. The Labute approximate surface area is 157 Å². The summed E-state index contributed by atoms with van der Waals surface area (Å²) in [4.78, 5) is 20.5. The Hall–Kier alpha value is -3.28. The van der Waals surface area contributed by atoms with Gasteiger partial charge in [0.05, 0.1) is 12.4 Å². The summed E-state index contributed by atoms with van der Waals surface area (Å²) in [6, 6.07) is 14.4. The van der Waals surface area contributed by atoms with Crippen molar-refractivity contribution in [3.8, 4) is 0 Å². The fourth-order valence-electron chi connectivity index (χ4n) is 2.50. The number of aromatic nitrogens is 2. The van der Waals surface area contributed by atoms with Crippen LogP contribution in [0.5, 0.6) is 0 Å². The van der Waals surface area contributed by atoms with Gasteiger partial charge in [0.2, 0.25) is 0 Å². The van der Waals surface area contributed by atoms with Crippen molar-refractivity contribution >= 4 is 11.7 Å². The number of anilines is 1. The molecule has 0 aliphatic rings. The van der Waals surface area contributed by atoms with Crippen molar-refractivity contribution in [2.45, 2.75) is 19.9 Å². The fourth-order valence-corrected chi connectivity index (χ4v) is 2.50. The zero-order valence-electron chi connectivity index (χ0n) is 15.1. The first kappa shape index (κ1) is 18.5. The summed E-state index contributed by atoms with van der Waals surface area (Å²) in [6.07, 6.45) is 3.61. The van der Waals surface area contributed by atoms with Crippen molar-refractivity contribution in [2.24, 2.45) is 0 Å². The molecule has 5 nitrogen and oxygen atoms in total. The van der Waals surface area contributed by atoms with E-state index in [1.165, 1.54) is 23.9 Å². The topological polar surface area (TPSA) is 66.9 Å². The van der Waals surface area contributed by atoms with Gasteiger partial charge in [-0.2, -0.15) is 0 Å². The zero-order valence-corrected chi connectivity index (χ0v) is 15.1. The minimum Gasteiger partial charge on any atom is -0.365 e. The van der Waals surface area contributed by atoms with Gasteiger partial charge in [0.1, 0.15) is 17.3 Å². The molecule has 138 valence electrons. The molecular formula is C21H21FN4O. The summed E-state index contributed by atoms with van der Waals surface area (Å²) < 4.78 is 12.9. The van der Waals surface area contributed by atoms with Crippen LogP contribution in [0.15, 0.2) is 60.9 Å². The maximum Gasteiger partial charge on any atom is 0.271 e. The lowest BCUT2D eigenvalue weighted by Gasteiger charge is -2.07. The molecule has 0 aliphatic carbocycles. The SMILES string of the molecule is Cc1ccc(CNc2cnc(C(=O)NCCc3ccc(F)cc3)cn2)cc1. The third kappa shape index (κ3) is 5.60. The van der Waals surface area contributed by atoms with E-state index in [0.29, 0.717) is 25.3 Å². The number of nitrogens with zero attached hydrogens (tertiary/aromatic N) is 2. The normalized spacial score (nSPS) is 10.4. The molecule has 0 atom stereocenters. The van der Waals surface area contributed by atoms with Crippen LogP contribution in [0.1, 0.15) is 27.2 Å². The first-order valence-electron chi connectivity index (χ1n) is 8.74. The van der Waals surface area contributed by atoms with E-state index < -0.39 is 0 Å². The highest BCUT2D eigenvalue weighted by Gasteiger charge is 2.07. The molecule has 3 aromatic rings. The smallest absolute Gasteiger partial charge is 0.271 e. The van der Waals surface area contributed by atoms with Crippen molar-refractivity contribution in [3.05, 3.63) is 89.1 Å². The molecule has 0 aliphatic heterocycles. The predicted octanol–water partition coefficient (Wildman–Crippen LogP) is 3.51. The van der Waals surface area contributed by atoms with E-state index in [-0.39, 0.29) is 17.4 Å². The second-order valence-electron chi connectivity index (χ2n) is 6.26. The molecule has 2 aromatic carbocycles. The standard InChI is InChI=1S/C21H21FN4O/c1-15-2-4-17(5-3-15)12-25-20-14-24-19(13-26-20)21(27)23-11-10-16-6-8-18(22)9-7-16/h2-9,13-14H,10-12H2,1H3,(H,23,27)(H,25,26). The number of amides is 1. The van der Waals surface area contributed by atoms with Crippen LogP contribution in [0.3, 0.4) is 0 Å². The molecule has 0 saturated heterocycles. The van der Waals surface area contributed by atoms with Crippen molar-refractivity contribution in [2.75, 3.05) is 11.9 Å². The Kier molecular flexibility index (Phi) is 6.10. The summed E-state index contributed by atoms with van der Waals surface area (Å²) in [5, 5.41) is 5.97. The van der Waals surface area contributed by atoms with Gasteiger partial charge >= 0.3 is 0 Å². The van der Waals surface area contributed by atoms with Gasteiger partial charge in [-0.3, -0.25) is 4.79 Å². The van der Waals surface area contributed by atoms with Crippen molar-refractivity contribution in [3.63, 3.8) is 0 Å². The Balaban J connectivity index is 1.46. The number of aryl methyl sites for hydroxylation is 1. The van der Waals surface area contributed by atoms with Crippen molar-refractivity contribution < 1.29 is 9.18 Å². The highest BCUT2D eigenvalue weighted by atomic mass is 19.1. The first-order valence-corrected chi connectivity index (χ1v) is 8.74. The number of carbonyl (C=O) groups is 1. The lowest BCUT2D eigenvalue weighted by Crippen LogP contribution is -2.26. The molecule has 0 spiro atoms. The lowest BCUT2D eigenvalue weighted by atomic mass is 10.1. The molecule has 0 bridgehead atoms. The Morgan fingerprint density at radius 2 is 1.67 bits per heavy atom. The number of hydrogen-bond donors (Lipinski definition) is 2. The van der Waals surface area contributed by atoms with Gasteiger partial charge in [-0.15, -0.1) is 0 Å². The molecule has 6 heteroatoms. The van der Waals surface area contributed by atoms with Crippen molar-refractivity contribution in [1.29, 1.82) is 0 Å². The highest BCUT2D eigenvalue weighted by Crippen LogP contribution is 2.07. The van der Waals surface area contributed by atoms with Gasteiger partial charge in [0.25, 0.3) is 5.91 Å². The third-order valence-electron chi connectivity index (χ3n) is 4.09. The second-order valence-corrected chi connectivity index (χ2v) is 6.26. The summed E-state index contributed by atoms with van der Waals surface area (Å²) in [6.45, 7) is 3.13. The summed E-state index contributed by atoms with van der Waals surface area (Å²) in [5.74, 6) is 0.0577. The molecule has 3 rings (SSSR count). The number of rotatable bonds is 7. The predicted molar refractivity (Wildman–Crippen MR) is 103 cm³/mol. The van der Waals surface area contributed by atoms with Gasteiger partial charge in [-0.05, 0) is 36.6 Å². The molecular weight excluding hydrogens is 343 g/mol. The van der Waals surface area contributed by atoms with Crippen LogP contribution in [0.4, 0.5) is 10.2 Å². The van der Waals surface area contributed by atoms with Gasteiger partial charge in [0, 0.05) is 13.1 Å². The third-order valence-corrected chi connectivity index (χ3v) is 4.09. The average Bonchev–Trinajstić information content (AvgIpc) is 2.69. The highest BCUT2D eigenvalue weighted by molar-refractivity contribution is 5.91. The van der Waals surface area contributed by atoms with E-state index in [4.69, 9.17) is 0 Å². The maximum atomic E-state index is 12.9. The number of halogens is 1. The number of hydrogen-bond acceptors (Lipinski definition) is 4. The second kappa shape index (κ2) is 8.89. The first-order chi connectivity index (χ1) is 13.1. The van der Waals surface area contributed by atoms with E-state index >= 15 is 0 Å². The molecule has 1 heterocycles. The van der Waals surface area contributed by atoms with E-state index in [2.05, 4.69) is 44.9 Å². The van der Waals surface area contributed by atoms with Crippen molar-refractivity contribution in [1.82, 2.24) is 15.3 Å². The molecule has 0 radical (unpaired) electrons. The van der Waals surface area contributed by atoms with Gasteiger partial charge in [-0.25, -0.2) is 14.4 Å². The summed E-state index contributed by atoms with van der Waals surface area (Å²) in [5.41, 5.74) is 3.58. The average molecular weight is 364 g/mol. The molecule has 1 aromatic heterocycles. The molecule has 27 heavy (non-hydrogen) atoms. The van der Waals surface area contributed by atoms with E-state index in [1.54, 1.807) is 18.3 Å². The number of carbonyl (C=O) groups excluding carboxylic acids is 1. The Morgan fingerprint density at radius 3 is 2.33 bits per heavy atom.